The lowest BCUT2D eigenvalue weighted by atomic mass is 10.0. The Labute approximate surface area is 215 Å². The maximum absolute atomic E-state index is 13.7. The number of amides is 2. The molecular weight excluding hydrogens is 448 g/mol. The molecule has 0 aliphatic rings. The topological polar surface area (TPSA) is 58.6 Å². The van der Waals surface area contributed by atoms with E-state index in [1.165, 1.54) is 0 Å². The van der Waals surface area contributed by atoms with Gasteiger partial charge in [-0.25, -0.2) is 0 Å². The molecule has 0 saturated heterocycles. The summed E-state index contributed by atoms with van der Waals surface area (Å²) in [4.78, 5) is 28.8. The first kappa shape index (κ1) is 27.0. The van der Waals surface area contributed by atoms with Gasteiger partial charge in [0.05, 0.1) is 0 Å². The third-order valence-corrected chi connectivity index (χ3v) is 6.07. The molecule has 3 rings (SSSR count). The maximum Gasteiger partial charge on any atom is 0.261 e. The monoisotopic (exact) mass is 486 g/mol. The predicted octanol–water partition coefficient (Wildman–Crippen LogP) is 5.40. The molecule has 1 N–H and O–H groups in total. The molecule has 0 aliphatic carbocycles. The zero-order valence-corrected chi connectivity index (χ0v) is 22.1. The van der Waals surface area contributed by atoms with Gasteiger partial charge in [-0.05, 0) is 49.4 Å². The quantitative estimate of drug-likeness (QED) is 0.395. The Morgan fingerprint density at radius 3 is 2.22 bits per heavy atom. The van der Waals surface area contributed by atoms with Crippen molar-refractivity contribution in [3.8, 4) is 5.75 Å². The summed E-state index contributed by atoms with van der Waals surface area (Å²) < 4.78 is 5.95. The van der Waals surface area contributed by atoms with Gasteiger partial charge in [0.25, 0.3) is 5.91 Å². The van der Waals surface area contributed by atoms with Gasteiger partial charge in [0.1, 0.15) is 11.8 Å². The first-order chi connectivity index (χ1) is 17.2. The number of carbonyl (C=O) groups excluding carboxylic acids is 2. The highest BCUT2D eigenvalue weighted by Gasteiger charge is 2.30. The Bertz CT molecular complexity index is 1160. The third-order valence-electron chi connectivity index (χ3n) is 6.07. The normalized spacial score (nSPS) is 11.7. The lowest BCUT2D eigenvalue weighted by Crippen LogP contribution is -2.52. The zero-order chi connectivity index (χ0) is 26.1. The Hall–Kier alpha value is -3.60. The van der Waals surface area contributed by atoms with E-state index in [0.29, 0.717) is 31.2 Å². The summed E-state index contributed by atoms with van der Waals surface area (Å²) in [5.41, 5.74) is 5.19. The van der Waals surface area contributed by atoms with Crippen LogP contribution < -0.4 is 10.1 Å². The molecule has 0 radical (unpaired) electrons. The van der Waals surface area contributed by atoms with Crippen LogP contribution in [0.3, 0.4) is 0 Å². The minimum absolute atomic E-state index is 0.140. The van der Waals surface area contributed by atoms with Crippen LogP contribution in [0.5, 0.6) is 5.75 Å². The van der Waals surface area contributed by atoms with Crippen molar-refractivity contribution < 1.29 is 14.3 Å². The molecule has 5 heteroatoms. The van der Waals surface area contributed by atoms with E-state index in [2.05, 4.69) is 25.2 Å². The van der Waals surface area contributed by atoms with Gasteiger partial charge in [-0.15, -0.1) is 0 Å². The molecule has 0 heterocycles. The third kappa shape index (κ3) is 7.98. The molecule has 0 aromatic heterocycles. The second-order valence-electron chi connectivity index (χ2n) is 9.91. The Balaban J connectivity index is 1.91. The summed E-state index contributed by atoms with van der Waals surface area (Å²) in [5, 5.41) is 3.05. The van der Waals surface area contributed by atoms with Crippen LogP contribution in [0.1, 0.15) is 41.7 Å². The minimum Gasteiger partial charge on any atom is -0.483 e. The van der Waals surface area contributed by atoms with E-state index in [9.17, 15) is 9.59 Å². The highest BCUT2D eigenvalue weighted by Crippen LogP contribution is 2.20. The Morgan fingerprint density at radius 1 is 0.861 bits per heavy atom. The average Bonchev–Trinajstić information content (AvgIpc) is 2.84. The molecule has 0 saturated carbocycles. The maximum atomic E-state index is 13.7. The van der Waals surface area contributed by atoms with Gasteiger partial charge in [0.2, 0.25) is 5.91 Å². The Kier molecular flexibility index (Phi) is 9.69. The number of hydrogen-bond acceptors (Lipinski definition) is 3. The molecule has 36 heavy (non-hydrogen) atoms. The predicted molar refractivity (Wildman–Crippen MR) is 145 cm³/mol. The summed E-state index contributed by atoms with van der Waals surface area (Å²) in [6.07, 6.45) is 0.423. The van der Waals surface area contributed by atoms with Gasteiger partial charge in [0, 0.05) is 19.5 Å². The molecule has 2 amide bonds. The number of carbonyl (C=O) groups is 2. The molecule has 5 nitrogen and oxygen atoms in total. The second-order valence-corrected chi connectivity index (χ2v) is 9.91. The number of nitrogens with one attached hydrogen (secondary N) is 1. The standard InChI is InChI=1S/C31H38N2O3/c1-22(2)19-32-31(35)28(18-26-11-7-6-8-12-26)33(20-27-13-9-10-23(3)17-27)30(34)21-36-29-15-14-24(4)16-25(29)5/h6-17,22,28H,18-21H2,1-5H3,(H,32,35)/t28-/m1/s1. The van der Waals surface area contributed by atoms with E-state index < -0.39 is 6.04 Å². The Morgan fingerprint density at radius 2 is 1.56 bits per heavy atom. The van der Waals surface area contributed by atoms with E-state index in [1.54, 1.807) is 4.90 Å². The fraction of sp³-hybridized carbons (Fsp3) is 0.355. The molecule has 1 atom stereocenters. The number of rotatable bonds is 11. The van der Waals surface area contributed by atoms with Crippen LogP contribution in [0.25, 0.3) is 0 Å². The zero-order valence-electron chi connectivity index (χ0n) is 22.1. The van der Waals surface area contributed by atoms with Crippen LogP contribution in [0, 0.1) is 26.7 Å². The van der Waals surface area contributed by atoms with Crippen LogP contribution in [-0.2, 0) is 22.6 Å². The molecule has 190 valence electrons. The second kappa shape index (κ2) is 12.9. The van der Waals surface area contributed by atoms with E-state index in [4.69, 9.17) is 4.74 Å². The summed E-state index contributed by atoms with van der Waals surface area (Å²) >= 11 is 0. The van der Waals surface area contributed by atoms with Crippen LogP contribution >= 0.6 is 0 Å². The lowest BCUT2D eigenvalue weighted by Gasteiger charge is -2.32. The number of aryl methyl sites for hydroxylation is 3. The van der Waals surface area contributed by atoms with Crippen LogP contribution in [-0.4, -0.2) is 35.9 Å². The SMILES string of the molecule is Cc1cccc(CN(C(=O)COc2ccc(C)cc2C)[C@H](Cc2ccccc2)C(=O)NCC(C)C)c1. The van der Waals surface area contributed by atoms with E-state index >= 15 is 0 Å². The van der Waals surface area contributed by atoms with Gasteiger partial charge in [-0.3, -0.25) is 9.59 Å². The van der Waals surface area contributed by atoms with Gasteiger partial charge in [-0.1, -0.05) is 91.7 Å². The van der Waals surface area contributed by atoms with Crippen molar-refractivity contribution in [2.75, 3.05) is 13.2 Å². The van der Waals surface area contributed by atoms with Gasteiger partial charge < -0.3 is 15.0 Å². The van der Waals surface area contributed by atoms with Crippen molar-refractivity contribution in [1.29, 1.82) is 0 Å². The van der Waals surface area contributed by atoms with Crippen molar-refractivity contribution in [2.24, 2.45) is 5.92 Å². The molecule has 3 aromatic carbocycles. The van der Waals surface area contributed by atoms with Crippen LogP contribution in [0.15, 0.2) is 72.8 Å². The molecule has 0 fully saturated rings. The minimum atomic E-state index is -0.665. The van der Waals surface area contributed by atoms with Crippen molar-refractivity contribution >= 4 is 11.8 Å². The first-order valence-electron chi connectivity index (χ1n) is 12.6. The van der Waals surface area contributed by atoms with Crippen LogP contribution in [0.4, 0.5) is 0 Å². The van der Waals surface area contributed by atoms with Crippen LogP contribution in [0.2, 0.25) is 0 Å². The van der Waals surface area contributed by atoms with Gasteiger partial charge >= 0.3 is 0 Å². The number of ether oxygens (including phenoxy) is 1. The molecule has 3 aromatic rings. The fourth-order valence-electron chi connectivity index (χ4n) is 4.17. The summed E-state index contributed by atoms with van der Waals surface area (Å²) in [5.74, 6) is 0.602. The largest absolute Gasteiger partial charge is 0.483 e. The van der Waals surface area contributed by atoms with E-state index in [0.717, 1.165) is 27.8 Å². The summed E-state index contributed by atoms with van der Waals surface area (Å²) in [6, 6.07) is 23.1. The van der Waals surface area contributed by atoms with Gasteiger partial charge in [-0.2, -0.15) is 0 Å². The first-order valence-corrected chi connectivity index (χ1v) is 12.6. The van der Waals surface area contributed by atoms with E-state index in [-0.39, 0.29) is 18.4 Å². The number of nitrogens with zero attached hydrogens (tertiary/aromatic N) is 1. The fourth-order valence-corrected chi connectivity index (χ4v) is 4.17. The van der Waals surface area contributed by atoms with Crippen molar-refractivity contribution in [1.82, 2.24) is 10.2 Å². The molecular formula is C31H38N2O3. The number of benzene rings is 3. The summed E-state index contributed by atoms with van der Waals surface area (Å²) in [7, 11) is 0. The molecule has 0 aliphatic heterocycles. The number of hydrogen-bond donors (Lipinski definition) is 1. The molecule has 0 spiro atoms. The average molecular weight is 487 g/mol. The lowest BCUT2D eigenvalue weighted by molar-refractivity contribution is -0.142. The van der Waals surface area contributed by atoms with Crippen molar-refractivity contribution in [3.05, 3.63) is 101 Å². The smallest absolute Gasteiger partial charge is 0.261 e. The van der Waals surface area contributed by atoms with Crippen molar-refractivity contribution in [2.45, 2.75) is 53.6 Å². The highest BCUT2D eigenvalue weighted by molar-refractivity contribution is 5.88. The van der Waals surface area contributed by atoms with Crippen molar-refractivity contribution in [3.63, 3.8) is 0 Å². The molecule has 0 bridgehead atoms. The van der Waals surface area contributed by atoms with Gasteiger partial charge in [0.15, 0.2) is 6.61 Å². The molecule has 0 unspecified atom stereocenters. The summed E-state index contributed by atoms with van der Waals surface area (Å²) in [6.45, 7) is 10.9. The van der Waals surface area contributed by atoms with E-state index in [1.807, 2.05) is 87.5 Å². The highest BCUT2D eigenvalue weighted by atomic mass is 16.5.